The van der Waals surface area contributed by atoms with Gasteiger partial charge in [-0.2, -0.15) is 0 Å². The quantitative estimate of drug-likeness (QED) is 0.288. The lowest BCUT2D eigenvalue weighted by Gasteiger charge is -2.37. The number of nitrogens with one attached hydrogen (secondary N) is 1. The first-order chi connectivity index (χ1) is 19.2. The molecule has 3 aromatic rings. The minimum Gasteiger partial charge on any atom is -0.492 e. The van der Waals surface area contributed by atoms with Gasteiger partial charge in [0.1, 0.15) is 12.4 Å². The first-order valence-electron chi connectivity index (χ1n) is 14.6. The van der Waals surface area contributed by atoms with E-state index in [0.717, 1.165) is 49.4 Å². The summed E-state index contributed by atoms with van der Waals surface area (Å²) in [5.74, 6) is 1.80. The number of rotatable bonds is 10. The number of hydrogen-bond donors (Lipinski definition) is 1. The minimum atomic E-state index is 0.720. The van der Waals surface area contributed by atoms with Crippen LogP contribution < -0.4 is 10.1 Å². The summed E-state index contributed by atoms with van der Waals surface area (Å²) in [6, 6.07) is 27.5. The van der Waals surface area contributed by atoms with Crippen molar-refractivity contribution < 1.29 is 4.74 Å². The number of piperazine rings is 1. The molecule has 2 aliphatic rings. The molecule has 0 aromatic heterocycles. The second-order valence-electron chi connectivity index (χ2n) is 10.8. The number of allylic oxidation sites excluding steroid dienone is 1. The Morgan fingerprint density at radius 1 is 0.795 bits per heavy atom. The average molecular weight is 544 g/mol. The molecule has 2 aliphatic heterocycles. The van der Waals surface area contributed by atoms with Crippen molar-refractivity contribution >= 4 is 22.7 Å². The molecule has 0 spiro atoms. The van der Waals surface area contributed by atoms with Gasteiger partial charge in [0.2, 0.25) is 0 Å². The van der Waals surface area contributed by atoms with E-state index >= 15 is 0 Å². The van der Waals surface area contributed by atoms with Crippen molar-refractivity contribution in [3.63, 3.8) is 0 Å². The number of ether oxygens (including phenoxy) is 1. The number of halogens is 1. The minimum absolute atomic E-state index is 0.720. The van der Waals surface area contributed by atoms with E-state index in [9.17, 15) is 0 Å². The molecule has 4 nitrogen and oxygen atoms in total. The molecular weight excluding hydrogens is 502 g/mol. The summed E-state index contributed by atoms with van der Waals surface area (Å²) >= 11 is 6.22. The van der Waals surface area contributed by atoms with Crippen molar-refractivity contribution in [2.24, 2.45) is 5.92 Å². The predicted octanol–water partition coefficient (Wildman–Crippen LogP) is 6.71. The third kappa shape index (κ3) is 7.73. The van der Waals surface area contributed by atoms with E-state index in [-0.39, 0.29) is 0 Å². The third-order valence-electron chi connectivity index (χ3n) is 8.17. The normalized spacial score (nSPS) is 18.1. The van der Waals surface area contributed by atoms with Gasteiger partial charge in [-0.3, -0.25) is 4.90 Å². The van der Waals surface area contributed by atoms with Crippen molar-refractivity contribution in [1.82, 2.24) is 15.1 Å². The highest BCUT2D eigenvalue weighted by molar-refractivity contribution is 6.30. The van der Waals surface area contributed by atoms with Gasteiger partial charge < -0.3 is 15.0 Å². The second-order valence-corrected chi connectivity index (χ2v) is 11.2. The van der Waals surface area contributed by atoms with Crippen LogP contribution in [0.5, 0.6) is 5.75 Å². The summed E-state index contributed by atoms with van der Waals surface area (Å²) in [6.45, 7) is 12.2. The molecule has 5 rings (SSSR count). The van der Waals surface area contributed by atoms with Crippen molar-refractivity contribution in [2.45, 2.75) is 26.2 Å². The largest absolute Gasteiger partial charge is 0.492 e. The van der Waals surface area contributed by atoms with Crippen molar-refractivity contribution in [2.75, 3.05) is 59.0 Å². The molecule has 0 unspecified atom stereocenters. The van der Waals surface area contributed by atoms with Gasteiger partial charge in [0, 0.05) is 44.3 Å². The van der Waals surface area contributed by atoms with Gasteiger partial charge in [-0.25, -0.2) is 0 Å². The van der Waals surface area contributed by atoms with Crippen LogP contribution in [0.25, 0.3) is 11.1 Å². The maximum atomic E-state index is 6.22. The number of hydrogen-bond acceptors (Lipinski definition) is 4. The zero-order valence-electron chi connectivity index (χ0n) is 23.2. The van der Waals surface area contributed by atoms with E-state index in [1.54, 1.807) is 0 Å². The molecule has 2 heterocycles. The standard InChI is InChI=1S/C34H42ClN3O/c1-2-33(28-6-4-3-5-7-28)34(29-8-12-31(35)13-9-29)30-10-14-32(15-11-30)39-25-24-37-20-22-38(23-21-37)26-27-16-18-36-19-17-27/h3-15,27,36H,2,16-26H2,1H3/b34-33-. The van der Waals surface area contributed by atoms with E-state index < -0.39 is 0 Å². The van der Waals surface area contributed by atoms with Gasteiger partial charge in [-0.05, 0) is 90.4 Å². The highest BCUT2D eigenvalue weighted by Crippen LogP contribution is 2.35. The summed E-state index contributed by atoms with van der Waals surface area (Å²) in [6.07, 6.45) is 3.59. The second kappa shape index (κ2) is 14.1. The van der Waals surface area contributed by atoms with Crippen LogP contribution in [-0.4, -0.2) is 68.8 Å². The molecule has 5 heteroatoms. The maximum Gasteiger partial charge on any atom is 0.119 e. The summed E-state index contributed by atoms with van der Waals surface area (Å²) in [4.78, 5) is 5.21. The lowest BCUT2D eigenvalue weighted by molar-refractivity contribution is 0.0999. The SMILES string of the molecule is CC/C(=C(\c1ccc(Cl)cc1)c1ccc(OCCN2CCN(CC3CCNCC3)CC2)cc1)c1ccccc1. The van der Waals surface area contributed by atoms with Crippen molar-refractivity contribution in [1.29, 1.82) is 0 Å². The Bertz CT molecular complexity index is 1180. The smallest absolute Gasteiger partial charge is 0.119 e. The maximum absolute atomic E-state index is 6.22. The summed E-state index contributed by atoms with van der Waals surface area (Å²) in [5.41, 5.74) is 6.18. The van der Waals surface area contributed by atoms with Crippen LogP contribution in [0, 0.1) is 5.92 Å². The third-order valence-corrected chi connectivity index (χ3v) is 8.42. The lowest BCUT2D eigenvalue weighted by Crippen LogP contribution is -2.49. The zero-order chi connectivity index (χ0) is 26.9. The molecule has 0 radical (unpaired) electrons. The highest BCUT2D eigenvalue weighted by Gasteiger charge is 2.21. The molecule has 39 heavy (non-hydrogen) atoms. The Labute approximate surface area is 239 Å². The van der Waals surface area contributed by atoms with Crippen LogP contribution in [0.2, 0.25) is 5.02 Å². The fraction of sp³-hybridized carbons (Fsp3) is 0.412. The topological polar surface area (TPSA) is 27.7 Å². The first kappa shape index (κ1) is 27.9. The Hall–Kier alpha value is -2.63. The highest BCUT2D eigenvalue weighted by atomic mass is 35.5. The van der Waals surface area contributed by atoms with Crippen LogP contribution in [-0.2, 0) is 0 Å². The Balaban J connectivity index is 1.19. The Kier molecular flexibility index (Phi) is 10.1. The summed E-state index contributed by atoms with van der Waals surface area (Å²) < 4.78 is 6.19. The monoisotopic (exact) mass is 543 g/mol. The number of benzene rings is 3. The molecule has 0 aliphatic carbocycles. The number of nitrogens with zero attached hydrogens (tertiary/aromatic N) is 2. The van der Waals surface area contributed by atoms with Crippen LogP contribution in [0.1, 0.15) is 42.9 Å². The molecule has 2 fully saturated rings. The summed E-state index contributed by atoms with van der Waals surface area (Å²) in [7, 11) is 0. The predicted molar refractivity (Wildman–Crippen MR) is 165 cm³/mol. The first-order valence-corrected chi connectivity index (χ1v) is 15.0. The molecule has 1 N–H and O–H groups in total. The Morgan fingerprint density at radius 3 is 2.05 bits per heavy atom. The molecule has 0 saturated carbocycles. The zero-order valence-corrected chi connectivity index (χ0v) is 24.0. The van der Waals surface area contributed by atoms with Gasteiger partial charge in [0.25, 0.3) is 0 Å². The molecule has 206 valence electrons. The summed E-state index contributed by atoms with van der Waals surface area (Å²) in [5, 5.41) is 4.23. The molecular formula is C34H42ClN3O. The van der Waals surface area contributed by atoms with Gasteiger partial charge in [-0.1, -0.05) is 73.1 Å². The van der Waals surface area contributed by atoms with E-state index in [1.807, 2.05) is 12.1 Å². The number of piperidine rings is 1. The van der Waals surface area contributed by atoms with Crippen LogP contribution in [0.4, 0.5) is 0 Å². The van der Waals surface area contributed by atoms with E-state index in [2.05, 4.69) is 88.8 Å². The molecule has 0 bridgehead atoms. The fourth-order valence-electron chi connectivity index (χ4n) is 5.93. The van der Waals surface area contributed by atoms with Crippen molar-refractivity contribution in [3.8, 4) is 5.75 Å². The molecule has 0 amide bonds. The lowest BCUT2D eigenvalue weighted by atomic mass is 9.88. The van der Waals surface area contributed by atoms with Gasteiger partial charge in [0.15, 0.2) is 0 Å². The fourth-order valence-corrected chi connectivity index (χ4v) is 6.06. The van der Waals surface area contributed by atoms with Crippen LogP contribution >= 0.6 is 11.6 Å². The molecule has 0 atom stereocenters. The average Bonchev–Trinajstić information content (AvgIpc) is 2.99. The van der Waals surface area contributed by atoms with Crippen molar-refractivity contribution in [3.05, 3.63) is 101 Å². The van der Waals surface area contributed by atoms with Crippen LogP contribution in [0.3, 0.4) is 0 Å². The van der Waals surface area contributed by atoms with E-state index in [4.69, 9.17) is 16.3 Å². The van der Waals surface area contributed by atoms with Gasteiger partial charge in [0.05, 0.1) is 0 Å². The van der Waals surface area contributed by atoms with E-state index in [0.29, 0.717) is 0 Å². The molecule has 2 saturated heterocycles. The molecule has 3 aromatic carbocycles. The van der Waals surface area contributed by atoms with Gasteiger partial charge >= 0.3 is 0 Å². The van der Waals surface area contributed by atoms with E-state index in [1.165, 1.54) is 73.4 Å². The van der Waals surface area contributed by atoms with Crippen LogP contribution in [0.15, 0.2) is 78.9 Å². The Morgan fingerprint density at radius 2 is 1.41 bits per heavy atom. The van der Waals surface area contributed by atoms with Gasteiger partial charge in [-0.15, -0.1) is 0 Å².